The molecule has 0 saturated heterocycles. The smallest absolute Gasteiger partial charge is 0.283 e. The fraction of sp³-hybridized carbons (Fsp3) is 0.312. The summed E-state index contributed by atoms with van der Waals surface area (Å²) in [4.78, 5) is 23.6. The van der Waals surface area contributed by atoms with Crippen LogP contribution in [-0.4, -0.2) is 25.1 Å². The lowest BCUT2D eigenvalue weighted by Gasteiger charge is -2.17. The average molecular weight is 350 g/mol. The number of rotatable bonds is 6. The molecular weight excluding hydrogens is 332 g/mol. The average Bonchev–Trinajstić information content (AvgIpc) is 2.96. The zero-order valence-electron chi connectivity index (χ0n) is 13.8. The van der Waals surface area contributed by atoms with Crippen LogP contribution in [0, 0.1) is 17.0 Å². The van der Waals surface area contributed by atoms with Crippen molar-refractivity contribution in [2.75, 3.05) is 14.2 Å². The van der Waals surface area contributed by atoms with E-state index in [2.05, 4.69) is 5.32 Å². The van der Waals surface area contributed by atoms with Gasteiger partial charge in [0.05, 0.1) is 34.9 Å². The van der Waals surface area contributed by atoms with Crippen LogP contribution in [0.3, 0.4) is 0 Å². The van der Waals surface area contributed by atoms with Gasteiger partial charge in [0.15, 0.2) is 0 Å². The van der Waals surface area contributed by atoms with E-state index in [0.29, 0.717) is 21.3 Å². The van der Waals surface area contributed by atoms with Gasteiger partial charge in [-0.3, -0.25) is 14.9 Å². The van der Waals surface area contributed by atoms with E-state index < -0.39 is 4.92 Å². The highest BCUT2D eigenvalue weighted by Crippen LogP contribution is 2.31. The third kappa shape index (κ3) is 3.65. The van der Waals surface area contributed by atoms with Crippen LogP contribution in [0.5, 0.6) is 11.5 Å². The fourth-order valence-corrected chi connectivity index (χ4v) is 3.18. The lowest BCUT2D eigenvalue weighted by Crippen LogP contribution is -2.26. The van der Waals surface area contributed by atoms with Gasteiger partial charge in [-0.15, -0.1) is 11.3 Å². The summed E-state index contributed by atoms with van der Waals surface area (Å²) in [7, 11) is 3.10. The molecule has 1 aromatic heterocycles. The van der Waals surface area contributed by atoms with Crippen LogP contribution < -0.4 is 14.8 Å². The quantitative estimate of drug-likeness (QED) is 0.636. The van der Waals surface area contributed by atoms with Crippen molar-refractivity contribution in [1.82, 2.24) is 5.32 Å². The number of nitrogens with zero attached hydrogens (tertiary/aromatic N) is 1. The number of aryl methyl sites for hydroxylation is 1. The Morgan fingerprint density at radius 1 is 1.29 bits per heavy atom. The second kappa shape index (κ2) is 7.31. The molecule has 0 spiro atoms. The van der Waals surface area contributed by atoms with Crippen LogP contribution in [0.4, 0.5) is 5.69 Å². The Hall–Kier alpha value is -2.61. The maximum absolute atomic E-state index is 12.4. The van der Waals surface area contributed by atoms with E-state index in [1.54, 1.807) is 33.3 Å². The monoisotopic (exact) mass is 350 g/mol. The van der Waals surface area contributed by atoms with Crippen molar-refractivity contribution in [1.29, 1.82) is 0 Å². The highest BCUT2D eigenvalue weighted by molar-refractivity contribution is 7.14. The first-order chi connectivity index (χ1) is 11.4. The molecule has 0 aliphatic rings. The normalized spacial score (nSPS) is 11.7. The Morgan fingerprint density at radius 3 is 2.54 bits per heavy atom. The van der Waals surface area contributed by atoms with Gasteiger partial charge >= 0.3 is 0 Å². The number of amides is 1. The first-order valence-electron chi connectivity index (χ1n) is 7.15. The number of methoxy groups -OCH3 is 2. The summed E-state index contributed by atoms with van der Waals surface area (Å²) in [5, 5.41) is 13.7. The number of ether oxygens (including phenoxy) is 2. The first kappa shape index (κ1) is 17.7. The summed E-state index contributed by atoms with van der Waals surface area (Å²) in [5.74, 6) is 0.885. The van der Waals surface area contributed by atoms with Crippen molar-refractivity contribution >= 4 is 22.9 Å². The number of carbonyl (C=O) groups is 1. The summed E-state index contributed by atoms with van der Waals surface area (Å²) in [6.07, 6.45) is 0. The van der Waals surface area contributed by atoms with Gasteiger partial charge in [0.2, 0.25) is 0 Å². The molecule has 0 aliphatic heterocycles. The van der Waals surface area contributed by atoms with Gasteiger partial charge in [0, 0.05) is 17.7 Å². The van der Waals surface area contributed by atoms with Crippen LogP contribution >= 0.6 is 11.3 Å². The van der Waals surface area contributed by atoms with Gasteiger partial charge < -0.3 is 14.8 Å². The van der Waals surface area contributed by atoms with Gasteiger partial charge in [0.25, 0.3) is 11.6 Å². The van der Waals surface area contributed by atoms with Crippen LogP contribution in [0.25, 0.3) is 0 Å². The maximum atomic E-state index is 12.4. The molecule has 24 heavy (non-hydrogen) atoms. The van der Waals surface area contributed by atoms with Crippen molar-refractivity contribution < 1.29 is 19.2 Å². The molecule has 0 bridgehead atoms. The number of carbonyl (C=O) groups excluding carboxylic acids is 1. The summed E-state index contributed by atoms with van der Waals surface area (Å²) in [6.45, 7) is 3.44. The van der Waals surface area contributed by atoms with Crippen molar-refractivity contribution in [2.24, 2.45) is 0 Å². The van der Waals surface area contributed by atoms with Gasteiger partial charge in [-0.25, -0.2) is 0 Å². The Kier molecular flexibility index (Phi) is 5.40. The summed E-state index contributed by atoms with van der Waals surface area (Å²) in [6, 6.07) is 6.29. The molecule has 1 heterocycles. The molecule has 8 heteroatoms. The van der Waals surface area contributed by atoms with Gasteiger partial charge in [-0.05, 0) is 26.0 Å². The largest absolute Gasteiger partial charge is 0.497 e. The zero-order chi connectivity index (χ0) is 17.9. The Balaban J connectivity index is 2.20. The van der Waals surface area contributed by atoms with Crippen LogP contribution in [0.2, 0.25) is 0 Å². The van der Waals surface area contributed by atoms with E-state index in [1.807, 2.05) is 13.0 Å². The maximum Gasteiger partial charge on any atom is 0.283 e. The molecule has 0 fully saturated rings. The molecule has 1 N–H and O–H groups in total. The Bertz CT molecular complexity index is 772. The highest BCUT2D eigenvalue weighted by atomic mass is 32.1. The molecule has 0 aliphatic carbocycles. The lowest BCUT2D eigenvalue weighted by molar-refractivity contribution is -0.385. The van der Waals surface area contributed by atoms with Gasteiger partial charge in [0.1, 0.15) is 11.5 Å². The first-order valence-corrected chi connectivity index (χ1v) is 7.96. The second-order valence-electron chi connectivity index (χ2n) is 5.11. The SMILES string of the molecule is COc1ccc(C(C)NC(=O)c2cc([N+](=O)[O-])c(C)s2)c(OC)c1. The van der Waals surface area contributed by atoms with E-state index in [-0.39, 0.29) is 17.6 Å². The molecule has 2 rings (SSSR count). The number of thiophene rings is 1. The lowest BCUT2D eigenvalue weighted by atomic mass is 10.1. The van der Waals surface area contributed by atoms with E-state index in [9.17, 15) is 14.9 Å². The van der Waals surface area contributed by atoms with E-state index in [4.69, 9.17) is 9.47 Å². The van der Waals surface area contributed by atoms with E-state index in [1.165, 1.54) is 6.07 Å². The van der Waals surface area contributed by atoms with Gasteiger partial charge in [-0.2, -0.15) is 0 Å². The van der Waals surface area contributed by atoms with Crippen LogP contribution in [0.15, 0.2) is 24.3 Å². The van der Waals surface area contributed by atoms with Crippen molar-refractivity contribution in [2.45, 2.75) is 19.9 Å². The molecule has 0 radical (unpaired) electrons. The molecule has 1 aromatic carbocycles. The molecule has 7 nitrogen and oxygen atoms in total. The second-order valence-corrected chi connectivity index (χ2v) is 6.37. The number of benzene rings is 1. The summed E-state index contributed by atoms with van der Waals surface area (Å²) in [5.41, 5.74) is 0.745. The van der Waals surface area contributed by atoms with Gasteiger partial charge in [-0.1, -0.05) is 0 Å². The van der Waals surface area contributed by atoms with E-state index in [0.717, 1.165) is 16.9 Å². The predicted molar refractivity (Wildman–Crippen MR) is 91.1 cm³/mol. The van der Waals surface area contributed by atoms with Crippen molar-refractivity contribution in [3.8, 4) is 11.5 Å². The molecule has 1 atom stereocenters. The Morgan fingerprint density at radius 2 is 2.00 bits per heavy atom. The number of hydrogen-bond acceptors (Lipinski definition) is 6. The van der Waals surface area contributed by atoms with E-state index >= 15 is 0 Å². The minimum atomic E-state index is -0.488. The minimum absolute atomic E-state index is 0.0418. The number of nitro groups is 1. The number of hydrogen-bond donors (Lipinski definition) is 1. The summed E-state index contributed by atoms with van der Waals surface area (Å²) < 4.78 is 10.5. The van der Waals surface area contributed by atoms with Crippen LogP contribution in [0.1, 0.15) is 33.1 Å². The molecule has 2 aromatic rings. The van der Waals surface area contributed by atoms with Crippen molar-refractivity contribution in [3.05, 3.63) is 49.7 Å². The van der Waals surface area contributed by atoms with Crippen LogP contribution in [-0.2, 0) is 0 Å². The third-order valence-electron chi connectivity index (χ3n) is 3.57. The minimum Gasteiger partial charge on any atom is -0.497 e. The standard InChI is InChI=1S/C16H18N2O5S/c1-9(12-6-5-11(22-3)7-14(12)23-4)17-16(19)15-8-13(18(20)21)10(2)24-15/h5-9H,1-4H3,(H,17,19). The third-order valence-corrected chi connectivity index (χ3v) is 4.61. The Labute approximate surface area is 143 Å². The molecule has 1 amide bonds. The summed E-state index contributed by atoms with van der Waals surface area (Å²) >= 11 is 1.10. The highest BCUT2D eigenvalue weighted by Gasteiger charge is 2.22. The van der Waals surface area contributed by atoms with Crippen molar-refractivity contribution in [3.63, 3.8) is 0 Å². The molecule has 0 saturated carbocycles. The predicted octanol–water partition coefficient (Wildman–Crippen LogP) is 3.47. The zero-order valence-corrected chi connectivity index (χ0v) is 14.6. The fourth-order valence-electron chi connectivity index (χ4n) is 2.29. The number of nitrogens with one attached hydrogen (secondary N) is 1. The molecule has 128 valence electrons. The molecule has 1 unspecified atom stereocenters. The molecular formula is C16H18N2O5S. The topological polar surface area (TPSA) is 90.7 Å².